The van der Waals surface area contributed by atoms with Gasteiger partial charge < -0.3 is 19.9 Å². The molecule has 2 fully saturated rings. The molecule has 0 unspecified atom stereocenters. The van der Waals surface area contributed by atoms with Crippen LogP contribution in [0.4, 0.5) is 0 Å². The first kappa shape index (κ1) is 13.4. The summed E-state index contributed by atoms with van der Waals surface area (Å²) in [5, 5.41) is 12.3. The smallest absolute Gasteiger partial charge is 0.251 e. The number of aromatic hydroxyl groups is 1. The normalized spacial score (nSPS) is 31.4. The van der Waals surface area contributed by atoms with E-state index >= 15 is 0 Å². The number of carbonyl (C=O) groups excluding carboxylic acids is 1. The van der Waals surface area contributed by atoms with Gasteiger partial charge in [-0.3, -0.25) is 4.79 Å². The number of ether oxygens (including phenoxy) is 2. The van der Waals surface area contributed by atoms with Crippen LogP contribution in [0.1, 0.15) is 16.8 Å². The van der Waals surface area contributed by atoms with Crippen LogP contribution in [0.5, 0.6) is 5.75 Å². The maximum Gasteiger partial charge on any atom is 0.251 e. The van der Waals surface area contributed by atoms with E-state index in [2.05, 4.69) is 5.32 Å². The lowest BCUT2D eigenvalue weighted by atomic mass is 9.67. The SMILES string of the molecule is COC[C@@H]1[C@H](NC(=O)c2ccc(O)cc2)[C@@H]2CCO[C@H]12. The van der Waals surface area contributed by atoms with Crippen molar-refractivity contribution in [3.8, 4) is 5.75 Å². The summed E-state index contributed by atoms with van der Waals surface area (Å²) in [7, 11) is 1.67. The van der Waals surface area contributed by atoms with Crippen molar-refractivity contribution in [3.63, 3.8) is 0 Å². The molecule has 4 atom stereocenters. The van der Waals surface area contributed by atoms with E-state index in [1.165, 1.54) is 12.1 Å². The lowest BCUT2D eigenvalue weighted by molar-refractivity contribution is -0.0809. The Morgan fingerprint density at radius 2 is 2.20 bits per heavy atom. The van der Waals surface area contributed by atoms with Crippen LogP contribution < -0.4 is 5.32 Å². The number of carbonyl (C=O) groups is 1. The summed E-state index contributed by atoms with van der Waals surface area (Å²) in [5.74, 6) is 0.679. The Kier molecular flexibility index (Phi) is 3.63. The summed E-state index contributed by atoms with van der Waals surface area (Å²) in [5.41, 5.74) is 0.557. The standard InChI is InChI=1S/C15H19NO4/c1-19-8-12-13(11-6-7-20-14(11)12)16-15(18)9-2-4-10(17)5-3-9/h2-5,11-14,17H,6-8H2,1H3,(H,16,18)/t11-,12+,13+,14-/m0/s1. The number of nitrogens with one attached hydrogen (secondary N) is 1. The molecule has 1 saturated carbocycles. The maximum absolute atomic E-state index is 12.2. The Labute approximate surface area is 117 Å². The van der Waals surface area contributed by atoms with Crippen molar-refractivity contribution >= 4 is 5.91 Å². The highest BCUT2D eigenvalue weighted by Gasteiger charge is 2.54. The number of phenols is 1. The molecule has 1 amide bonds. The van der Waals surface area contributed by atoms with Gasteiger partial charge in [-0.2, -0.15) is 0 Å². The van der Waals surface area contributed by atoms with E-state index in [0.717, 1.165) is 13.0 Å². The summed E-state index contributed by atoms with van der Waals surface area (Å²) in [6.45, 7) is 1.36. The van der Waals surface area contributed by atoms with E-state index in [1.807, 2.05) is 0 Å². The monoisotopic (exact) mass is 277 g/mol. The van der Waals surface area contributed by atoms with Gasteiger partial charge in [0.25, 0.3) is 5.91 Å². The molecule has 5 heteroatoms. The largest absolute Gasteiger partial charge is 0.508 e. The zero-order chi connectivity index (χ0) is 14.1. The fraction of sp³-hybridized carbons (Fsp3) is 0.533. The lowest BCUT2D eigenvalue weighted by Crippen LogP contribution is -2.62. The van der Waals surface area contributed by atoms with Gasteiger partial charge in [0.05, 0.1) is 12.7 Å². The van der Waals surface area contributed by atoms with Crippen LogP contribution in [0, 0.1) is 11.8 Å². The van der Waals surface area contributed by atoms with Crippen molar-refractivity contribution in [1.29, 1.82) is 0 Å². The van der Waals surface area contributed by atoms with Crippen molar-refractivity contribution in [2.45, 2.75) is 18.6 Å². The molecule has 2 aliphatic rings. The quantitative estimate of drug-likeness (QED) is 0.867. The van der Waals surface area contributed by atoms with Gasteiger partial charge >= 0.3 is 0 Å². The third kappa shape index (κ3) is 2.27. The number of hydrogen-bond acceptors (Lipinski definition) is 4. The van der Waals surface area contributed by atoms with Crippen molar-refractivity contribution in [1.82, 2.24) is 5.32 Å². The molecule has 108 valence electrons. The molecule has 0 radical (unpaired) electrons. The molecule has 3 rings (SSSR count). The van der Waals surface area contributed by atoms with E-state index in [9.17, 15) is 9.90 Å². The number of fused-ring (bicyclic) bond motifs is 1. The number of amides is 1. The molecule has 0 bridgehead atoms. The summed E-state index contributed by atoms with van der Waals surface area (Å²) in [6.07, 6.45) is 1.21. The van der Waals surface area contributed by atoms with Gasteiger partial charge in [0.15, 0.2) is 0 Å². The summed E-state index contributed by atoms with van der Waals surface area (Å²) >= 11 is 0. The minimum Gasteiger partial charge on any atom is -0.508 e. The Hall–Kier alpha value is -1.59. The number of rotatable bonds is 4. The highest BCUT2D eigenvalue weighted by molar-refractivity contribution is 5.94. The molecule has 1 aliphatic carbocycles. The summed E-state index contributed by atoms with van der Waals surface area (Å²) < 4.78 is 10.9. The second-order valence-corrected chi connectivity index (χ2v) is 5.45. The molecule has 1 aromatic rings. The second-order valence-electron chi connectivity index (χ2n) is 5.45. The van der Waals surface area contributed by atoms with Crippen LogP contribution in [0.15, 0.2) is 24.3 Å². The molecule has 0 aromatic heterocycles. The van der Waals surface area contributed by atoms with Crippen molar-refractivity contribution in [2.24, 2.45) is 11.8 Å². The number of hydrogen-bond donors (Lipinski definition) is 2. The highest BCUT2D eigenvalue weighted by Crippen LogP contribution is 2.43. The summed E-state index contributed by atoms with van der Waals surface area (Å²) in [4.78, 5) is 12.2. The molecule has 1 aromatic carbocycles. The Bertz CT molecular complexity index is 487. The van der Waals surface area contributed by atoms with E-state index in [1.54, 1.807) is 19.2 Å². The van der Waals surface area contributed by atoms with Crippen molar-refractivity contribution < 1.29 is 19.4 Å². The first-order valence-corrected chi connectivity index (χ1v) is 6.91. The first-order valence-electron chi connectivity index (χ1n) is 6.91. The third-order valence-electron chi connectivity index (χ3n) is 4.31. The molecule has 5 nitrogen and oxygen atoms in total. The van der Waals surface area contributed by atoms with Crippen molar-refractivity contribution in [3.05, 3.63) is 29.8 Å². The zero-order valence-corrected chi connectivity index (χ0v) is 11.4. The van der Waals surface area contributed by atoms with Gasteiger partial charge in [-0.05, 0) is 30.7 Å². The van der Waals surface area contributed by atoms with Gasteiger partial charge in [0.1, 0.15) is 5.75 Å². The van der Waals surface area contributed by atoms with Gasteiger partial charge in [-0.25, -0.2) is 0 Å². The summed E-state index contributed by atoms with van der Waals surface area (Å²) in [6, 6.07) is 6.39. The molecular weight excluding hydrogens is 258 g/mol. The average Bonchev–Trinajstić information content (AvgIpc) is 2.87. The number of benzene rings is 1. The van der Waals surface area contributed by atoms with Gasteiger partial charge in [-0.15, -0.1) is 0 Å². The van der Waals surface area contributed by atoms with E-state index in [0.29, 0.717) is 18.1 Å². The van der Waals surface area contributed by atoms with Crippen LogP contribution in [-0.4, -0.2) is 43.5 Å². The molecule has 20 heavy (non-hydrogen) atoms. The predicted octanol–water partition coefficient (Wildman–Crippen LogP) is 1.17. The van der Waals surface area contributed by atoms with Crippen LogP contribution in [0.25, 0.3) is 0 Å². The molecule has 1 saturated heterocycles. The van der Waals surface area contributed by atoms with Crippen LogP contribution in [-0.2, 0) is 9.47 Å². The minimum absolute atomic E-state index is 0.110. The van der Waals surface area contributed by atoms with E-state index in [-0.39, 0.29) is 29.7 Å². The minimum atomic E-state index is -0.110. The Morgan fingerprint density at radius 1 is 1.45 bits per heavy atom. The third-order valence-corrected chi connectivity index (χ3v) is 4.31. The van der Waals surface area contributed by atoms with Gasteiger partial charge in [-0.1, -0.05) is 0 Å². The molecule has 1 heterocycles. The second kappa shape index (κ2) is 5.42. The van der Waals surface area contributed by atoms with Crippen LogP contribution in [0.3, 0.4) is 0 Å². The Morgan fingerprint density at radius 3 is 2.90 bits per heavy atom. The van der Waals surface area contributed by atoms with E-state index < -0.39 is 0 Å². The molecule has 1 aliphatic heterocycles. The fourth-order valence-corrected chi connectivity index (χ4v) is 3.28. The Balaban J connectivity index is 1.67. The zero-order valence-electron chi connectivity index (χ0n) is 11.4. The number of phenolic OH excluding ortho intramolecular Hbond substituents is 1. The van der Waals surface area contributed by atoms with E-state index in [4.69, 9.17) is 9.47 Å². The maximum atomic E-state index is 12.2. The predicted molar refractivity (Wildman–Crippen MR) is 72.6 cm³/mol. The molecule has 2 N–H and O–H groups in total. The van der Waals surface area contributed by atoms with Crippen LogP contribution in [0.2, 0.25) is 0 Å². The van der Waals surface area contributed by atoms with Gasteiger partial charge in [0.2, 0.25) is 0 Å². The lowest BCUT2D eigenvalue weighted by Gasteiger charge is -2.47. The van der Waals surface area contributed by atoms with Crippen molar-refractivity contribution in [2.75, 3.05) is 20.3 Å². The fourth-order valence-electron chi connectivity index (χ4n) is 3.28. The molecule has 0 spiro atoms. The highest BCUT2D eigenvalue weighted by atomic mass is 16.5. The topological polar surface area (TPSA) is 67.8 Å². The molecular formula is C15H19NO4. The first-order chi connectivity index (χ1) is 9.70. The number of methoxy groups -OCH3 is 1. The average molecular weight is 277 g/mol. The van der Waals surface area contributed by atoms with Crippen LogP contribution >= 0.6 is 0 Å². The van der Waals surface area contributed by atoms with Gasteiger partial charge in [0, 0.05) is 37.2 Å².